The lowest BCUT2D eigenvalue weighted by molar-refractivity contribution is -0.127. The van der Waals surface area contributed by atoms with E-state index in [4.69, 9.17) is 37.4 Å². The molecule has 2 heterocycles. The molecule has 4 aromatic carbocycles. The summed E-state index contributed by atoms with van der Waals surface area (Å²) in [5.41, 5.74) is 5.03. The third-order valence-electron chi connectivity index (χ3n) is 8.49. The van der Waals surface area contributed by atoms with E-state index in [1.807, 2.05) is 42.2 Å². The fourth-order valence-electron chi connectivity index (χ4n) is 5.63. The molecule has 5 aromatic rings. The molecule has 0 bridgehead atoms. The van der Waals surface area contributed by atoms with E-state index in [-0.39, 0.29) is 24.1 Å². The third-order valence-corrected chi connectivity index (χ3v) is 9.02. The van der Waals surface area contributed by atoms with Gasteiger partial charge in [-0.15, -0.1) is 12.4 Å². The van der Waals surface area contributed by atoms with Gasteiger partial charge in [-0.1, -0.05) is 59.6 Å². The molecule has 7 nitrogen and oxygen atoms in total. The van der Waals surface area contributed by atoms with Gasteiger partial charge < -0.3 is 19.1 Å². The Morgan fingerprint density at radius 3 is 2.17 bits per heavy atom. The number of ether oxygens (including phenoxy) is 3. The molecule has 0 N–H and O–H groups in total. The first-order valence-corrected chi connectivity index (χ1v) is 17.5. The van der Waals surface area contributed by atoms with Crippen molar-refractivity contribution in [2.45, 2.75) is 26.5 Å². The van der Waals surface area contributed by atoms with Crippen LogP contribution in [0.2, 0.25) is 10.0 Å². The number of piperazine rings is 1. The number of halogens is 4. The van der Waals surface area contributed by atoms with E-state index in [1.165, 1.54) is 23.3 Å². The number of rotatable bonds is 13. The van der Waals surface area contributed by atoms with Crippen molar-refractivity contribution in [3.05, 3.63) is 153 Å². The summed E-state index contributed by atoms with van der Waals surface area (Å²) in [7, 11) is 0. The second-order valence-corrected chi connectivity index (χ2v) is 13.1. The van der Waals surface area contributed by atoms with E-state index in [2.05, 4.69) is 34.1 Å². The summed E-state index contributed by atoms with van der Waals surface area (Å²) in [6.07, 6.45) is 5.76. The first-order chi connectivity index (χ1) is 24.8. The van der Waals surface area contributed by atoms with Gasteiger partial charge in [-0.3, -0.25) is 9.69 Å². The highest BCUT2D eigenvalue weighted by Crippen LogP contribution is 2.34. The van der Waals surface area contributed by atoms with Gasteiger partial charge in [-0.2, -0.15) is 0 Å². The monoisotopic (exact) mass is 761 g/mol. The number of carbonyl (C=O) groups excluding carboxylic acids is 1. The van der Waals surface area contributed by atoms with Crippen LogP contribution in [-0.4, -0.2) is 53.5 Å². The van der Waals surface area contributed by atoms with Gasteiger partial charge in [0.2, 0.25) is 11.8 Å². The summed E-state index contributed by atoms with van der Waals surface area (Å²) in [6, 6.07) is 29.3. The summed E-state index contributed by atoms with van der Waals surface area (Å²) in [5, 5.41) is 1.10. The number of pyridine rings is 1. The summed E-state index contributed by atoms with van der Waals surface area (Å²) >= 11 is 12.6. The number of benzene rings is 4. The second kappa shape index (κ2) is 18.8. The highest BCUT2D eigenvalue weighted by Gasteiger charge is 2.20. The number of carbonyl (C=O) groups is 1. The maximum Gasteiger partial charge on any atom is 0.246 e. The number of amides is 1. The largest absolute Gasteiger partial charge is 0.493 e. The molecule has 270 valence electrons. The molecule has 0 saturated carbocycles. The van der Waals surface area contributed by atoms with Gasteiger partial charge in [0.1, 0.15) is 23.9 Å². The van der Waals surface area contributed by atoms with Crippen molar-refractivity contribution in [3.8, 4) is 23.1 Å². The molecule has 1 aliphatic rings. The molecule has 0 aliphatic carbocycles. The molecule has 52 heavy (non-hydrogen) atoms. The van der Waals surface area contributed by atoms with Crippen LogP contribution in [0.25, 0.3) is 6.08 Å². The Morgan fingerprint density at radius 2 is 1.50 bits per heavy atom. The lowest BCUT2D eigenvalue weighted by atomic mass is 10.1. The fraction of sp³-hybridized carbons (Fsp3) is 0.220. The number of aromatic nitrogens is 1. The van der Waals surface area contributed by atoms with Crippen LogP contribution >= 0.6 is 35.6 Å². The Hall–Kier alpha value is -4.60. The summed E-state index contributed by atoms with van der Waals surface area (Å²) in [4.78, 5) is 21.6. The van der Waals surface area contributed by atoms with E-state index in [0.29, 0.717) is 59.5 Å². The molecule has 0 atom stereocenters. The minimum absolute atomic E-state index is 0. The van der Waals surface area contributed by atoms with Crippen LogP contribution in [0.5, 0.6) is 23.1 Å². The van der Waals surface area contributed by atoms with Gasteiger partial charge in [0, 0.05) is 56.3 Å². The highest BCUT2D eigenvalue weighted by atomic mass is 35.5. The zero-order valence-corrected chi connectivity index (χ0v) is 31.0. The Morgan fingerprint density at radius 1 is 0.827 bits per heavy atom. The fourth-order valence-corrected chi connectivity index (χ4v) is 6.07. The summed E-state index contributed by atoms with van der Waals surface area (Å²) < 4.78 is 30.6. The normalized spacial score (nSPS) is 13.1. The molecule has 1 saturated heterocycles. The molecular formula is C41H39Cl3FN3O4. The number of hydrogen-bond acceptors (Lipinski definition) is 6. The van der Waals surface area contributed by atoms with Crippen LogP contribution in [0.1, 0.15) is 27.8 Å². The van der Waals surface area contributed by atoms with Crippen LogP contribution in [0, 0.1) is 12.7 Å². The summed E-state index contributed by atoms with van der Waals surface area (Å²) in [6.45, 7) is 6.57. The Balaban J connectivity index is 0.00000523. The molecular weight excluding hydrogens is 724 g/mol. The molecule has 11 heteroatoms. The zero-order valence-electron chi connectivity index (χ0n) is 28.6. The topological polar surface area (TPSA) is 64.1 Å². The standard InChI is InChI=1S/C41H38Cl2FN3O4.ClH/c1-29-24-33(25-38(43)41(29)51-39-16-15-37(26-45-39)50-28-32-6-9-34(42)10-7-32)8-17-40(48)47-21-19-46(20-22-47)27-31-4-2-30(3-5-31)18-23-49-36-13-11-35(44)12-14-36;/h2-17,24-26H,18-23,27-28H2,1H3;1H. The van der Waals surface area contributed by atoms with Gasteiger partial charge in [0.15, 0.2) is 5.75 Å². The van der Waals surface area contributed by atoms with E-state index in [1.54, 1.807) is 48.7 Å². The number of hydrogen-bond donors (Lipinski definition) is 0. The van der Waals surface area contributed by atoms with Crippen LogP contribution in [-0.2, 0) is 24.4 Å². The SMILES string of the molecule is Cc1cc(C=CC(=O)N2CCN(Cc3ccc(CCOc4ccc(F)cc4)cc3)CC2)cc(Cl)c1Oc1ccc(OCc2ccc(Cl)cc2)cn1.Cl. The average Bonchev–Trinajstić information content (AvgIpc) is 3.14. The highest BCUT2D eigenvalue weighted by molar-refractivity contribution is 6.32. The molecule has 1 fully saturated rings. The molecule has 1 aliphatic heterocycles. The maximum atomic E-state index is 13.1. The van der Waals surface area contributed by atoms with Gasteiger partial charge in [0.05, 0.1) is 17.8 Å². The number of nitrogens with zero attached hydrogens (tertiary/aromatic N) is 3. The van der Waals surface area contributed by atoms with Crippen LogP contribution < -0.4 is 14.2 Å². The number of aryl methyl sites for hydroxylation is 1. The maximum absolute atomic E-state index is 13.1. The van der Waals surface area contributed by atoms with Crippen molar-refractivity contribution >= 4 is 47.6 Å². The van der Waals surface area contributed by atoms with Crippen molar-refractivity contribution < 1.29 is 23.4 Å². The van der Waals surface area contributed by atoms with Crippen LogP contribution in [0.3, 0.4) is 0 Å². The zero-order chi connectivity index (χ0) is 35.6. The Labute approximate surface area is 320 Å². The quantitative estimate of drug-likeness (QED) is 0.111. The lowest BCUT2D eigenvalue weighted by Gasteiger charge is -2.34. The van der Waals surface area contributed by atoms with Crippen LogP contribution in [0.15, 0.2) is 109 Å². The minimum Gasteiger partial charge on any atom is -0.493 e. The molecule has 0 radical (unpaired) electrons. The van der Waals surface area contributed by atoms with Gasteiger partial charge in [0.25, 0.3) is 0 Å². The predicted molar refractivity (Wildman–Crippen MR) is 206 cm³/mol. The average molecular weight is 763 g/mol. The van der Waals surface area contributed by atoms with Gasteiger partial charge in [-0.05, 0) is 95.4 Å². The van der Waals surface area contributed by atoms with Crippen LogP contribution in [0.4, 0.5) is 4.39 Å². The van der Waals surface area contributed by atoms with Crippen molar-refractivity contribution in [1.82, 2.24) is 14.8 Å². The van der Waals surface area contributed by atoms with Crippen molar-refractivity contribution in [1.29, 1.82) is 0 Å². The molecule has 1 amide bonds. The van der Waals surface area contributed by atoms with E-state index >= 15 is 0 Å². The lowest BCUT2D eigenvalue weighted by Crippen LogP contribution is -2.47. The minimum atomic E-state index is -0.274. The Kier molecular flexibility index (Phi) is 13.9. The van der Waals surface area contributed by atoms with Crippen molar-refractivity contribution in [3.63, 3.8) is 0 Å². The third kappa shape index (κ3) is 11.2. The molecule has 0 spiro atoms. The van der Waals surface area contributed by atoms with Gasteiger partial charge in [-0.25, -0.2) is 9.37 Å². The van der Waals surface area contributed by atoms with E-state index in [9.17, 15) is 9.18 Å². The van der Waals surface area contributed by atoms with E-state index < -0.39 is 0 Å². The molecule has 0 unspecified atom stereocenters. The second-order valence-electron chi connectivity index (χ2n) is 12.3. The van der Waals surface area contributed by atoms with Gasteiger partial charge >= 0.3 is 0 Å². The molecule has 1 aromatic heterocycles. The predicted octanol–water partition coefficient (Wildman–Crippen LogP) is 9.61. The first-order valence-electron chi connectivity index (χ1n) is 16.7. The van der Waals surface area contributed by atoms with Crippen molar-refractivity contribution in [2.75, 3.05) is 32.8 Å². The summed E-state index contributed by atoms with van der Waals surface area (Å²) in [5.74, 6) is 1.86. The first kappa shape index (κ1) is 38.6. The van der Waals surface area contributed by atoms with Crippen molar-refractivity contribution in [2.24, 2.45) is 0 Å². The van der Waals surface area contributed by atoms with E-state index in [0.717, 1.165) is 42.7 Å². The Bertz CT molecular complexity index is 1910. The smallest absolute Gasteiger partial charge is 0.246 e. The molecule has 6 rings (SSSR count).